The van der Waals surface area contributed by atoms with Crippen LogP contribution in [0.2, 0.25) is 0 Å². The summed E-state index contributed by atoms with van der Waals surface area (Å²) in [5.41, 5.74) is 2.60. The summed E-state index contributed by atoms with van der Waals surface area (Å²) >= 11 is 1.72. The summed E-state index contributed by atoms with van der Waals surface area (Å²) in [4.78, 5) is 8.64. The Morgan fingerprint density at radius 2 is 2.20 bits per heavy atom. The molecule has 1 aliphatic rings. The fourth-order valence-corrected chi connectivity index (χ4v) is 2.60. The molecule has 0 atom stereocenters. The fraction of sp³-hybridized carbons (Fsp3) is 0.455. The summed E-state index contributed by atoms with van der Waals surface area (Å²) < 4.78 is 1.18. The number of nitrogens with one attached hydrogen (secondary N) is 1. The SMILES string of the molecule is Cc1csc2c(NC3(C)CC3)ncnc12. The van der Waals surface area contributed by atoms with Gasteiger partial charge in [-0.15, -0.1) is 11.3 Å². The zero-order valence-electron chi connectivity index (χ0n) is 8.87. The number of fused-ring (bicyclic) bond motifs is 1. The molecule has 2 heterocycles. The minimum Gasteiger partial charge on any atom is -0.364 e. The van der Waals surface area contributed by atoms with Crippen molar-refractivity contribution in [1.29, 1.82) is 0 Å². The highest BCUT2D eigenvalue weighted by molar-refractivity contribution is 7.18. The van der Waals surface area contributed by atoms with Crippen LogP contribution in [0.3, 0.4) is 0 Å². The van der Waals surface area contributed by atoms with Gasteiger partial charge in [-0.2, -0.15) is 0 Å². The molecule has 3 rings (SSSR count). The Balaban J connectivity index is 2.09. The van der Waals surface area contributed by atoms with Gasteiger partial charge in [0.05, 0.1) is 10.2 Å². The van der Waals surface area contributed by atoms with Crippen LogP contribution in [-0.4, -0.2) is 15.5 Å². The van der Waals surface area contributed by atoms with Gasteiger partial charge in [-0.05, 0) is 37.6 Å². The summed E-state index contributed by atoms with van der Waals surface area (Å²) in [5, 5.41) is 5.65. The van der Waals surface area contributed by atoms with Gasteiger partial charge >= 0.3 is 0 Å². The number of anilines is 1. The first-order chi connectivity index (χ1) is 7.18. The topological polar surface area (TPSA) is 37.8 Å². The van der Waals surface area contributed by atoms with E-state index in [4.69, 9.17) is 0 Å². The van der Waals surface area contributed by atoms with Crippen LogP contribution >= 0.6 is 11.3 Å². The quantitative estimate of drug-likeness (QED) is 0.843. The standard InChI is InChI=1S/C11H13N3S/c1-7-5-15-9-8(7)12-6-13-10(9)14-11(2)3-4-11/h5-6H,3-4H2,1-2H3,(H,12,13,14). The van der Waals surface area contributed by atoms with Crippen molar-refractivity contribution in [3.8, 4) is 0 Å². The molecular formula is C11H13N3S. The lowest BCUT2D eigenvalue weighted by Crippen LogP contribution is -2.16. The van der Waals surface area contributed by atoms with Crippen molar-refractivity contribution in [2.75, 3.05) is 5.32 Å². The molecule has 0 unspecified atom stereocenters. The zero-order valence-corrected chi connectivity index (χ0v) is 9.69. The number of hydrogen-bond donors (Lipinski definition) is 1. The lowest BCUT2D eigenvalue weighted by atomic mass is 10.3. The monoisotopic (exact) mass is 219 g/mol. The van der Waals surface area contributed by atoms with Crippen molar-refractivity contribution in [3.63, 3.8) is 0 Å². The molecule has 0 radical (unpaired) electrons. The molecule has 0 aliphatic heterocycles. The molecule has 2 aromatic rings. The minimum atomic E-state index is 0.277. The van der Waals surface area contributed by atoms with E-state index in [1.165, 1.54) is 23.1 Å². The van der Waals surface area contributed by atoms with Crippen molar-refractivity contribution in [2.45, 2.75) is 32.2 Å². The first-order valence-electron chi connectivity index (χ1n) is 5.15. The summed E-state index contributed by atoms with van der Waals surface area (Å²) in [5.74, 6) is 0.998. The van der Waals surface area contributed by atoms with Crippen LogP contribution in [-0.2, 0) is 0 Å². The van der Waals surface area contributed by atoms with Crippen molar-refractivity contribution >= 4 is 27.4 Å². The molecule has 4 heteroatoms. The van der Waals surface area contributed by atoms with Crippen molar-refractivity contribution in [3.05, 3.63) is 17.3 Å². The van der Waals surface area contributed by atoms with E-state index in [9.17, 15) is 0 Å². The second-order valence-electron chi connectivity index (χ2n) is 4.50. The molecule has 3 nitrogen and oxygen atoms in total. The highest BCUT2D eigenvalue weighted by atomic mass is 32.1. The van der Waals surface area contributed by atoms with E-state index in [2.05, 4.69) is 34.5 Å². The van der Waals surface area contributed by atoms with Crippen LogP contribution in [0.5, 0.6) is 0 Å². The van der Waals surface area contributed by atoms with E-state index in [0.29, 0.717) is 0 Å². The number of aromatic nitrogens is 2. The zero-order chi connectivity index (χ0) is 10.5. The van der Waals surface area contributed by atoms with E-state index >= 15 is 0 Å². The molecule has 15 heavy (non-hydrogen) atoms. The van der Waals surface area contributed by atoms with Gasteiger partial charge in [0.25, 0.3) is 0 Å². The molecule has 0 saturated heterocycles. The van der Waals surface area contributed by atoms with Gasteiger partial charge < -0.3 is 5.32 Å². The Bertz CT molecular complexity index is 514. The average Bonchev–Trinajstić information content (AvgIpc) is 2.81. The normalized spacial score (nSPS) is 18.0. The number of hydrogen-bond acceptors (Lipinski definition) is 4. The third-order valence-electron chi connectivity index (χ3n) is 2.95. The molecule has 1 fully saturated rings. The Morgan fingerprint density at radius 3 is 2.93 bits per heavy atom. The number of thiophene rings is 1. The molecular weight excluding hydrogens is 206 g/mol. The summed E-state index contributed by atoms with van der Waals surface area (Å²) in [6, 6.07) is 0. The molecule has 0 spiro atoms. The van der Waals surface area contributed by atoms with Crippen LogP contribution in [0.1, 0.15) is 25.3 Å². The molecule has 0 aromatic carbocycles. The van der Waals surface area contributed by atoms with Gasteiger partial charge in [0.1, 0.15) is 12.1 Å². The third-order valence-corrected chi connectivity index (χ3v) is 4.04. The van der Waals surface area contributed by atoms with Crippen molar-refractivity contribution in [1.82, 2.24) is 9.97 Å². The second-order valence-corrected chi connectivity index (χ2v) is 5.38. The minimum absolute atomic E-state index is 0.277. The summed E-state index contributed by atoms with van der Waals surface area (Å²) in [6.07, 6.45) is 4.13. The van der Waals surface area contributed by atoms with Gasteiger partial charge in [0.2, 0.25) is 0 Å². The predicted octanol–water partition coefficient (Wildman–Crippen LogP) is 2.96. The highest BCUT2D eigenvalue weighted by Gasteiger charge is 2.37. The maximum Gasteiger partial charge on any atom is 0.147 e. The van der Waals surface area contributed by atoms with E-state index in [0.717, 1.165) is 11.3 Å². The van der Waals surface area contributed by atoms with E-state index in [1.807, 2.05) is 0 Å². The third kappa shape index (κ3) is 1.49. The predicted molar refractivity (Wildman–Crippen MR) is 63.4 cm³/mol. The van der Waals surface area contributed by atoms with Crippen LogP contribution < -0.4 is 5.32 Å². The Kier molecular flexibility index (Phi) is 1.77. The van der Waals surface area contributed by atoms with Crippen molar-refractivity contribution < 1.29 is 0 Å². The van der Waals surface area contributed by atoms with E-state index in [-0.39, 0.29) is 5.54 Å². The van der Waals surface area contributed by atoms with Gasteiger partial charge in [0, 0.05) is 5.54 Å². The lowest BCUT2D eigenvalue weighted by Gasteiger charge is -2.12. The highest BCUT2D eigenvalue weighted by Crippen LogP contribution is 2.40. The summed E-state index contributed by atoms with van der Waals surface area (Å²) in [7, 11) is 0. The molecule has 78 valence electrons. The molecule has 0 bridgehead atoms. The average molecular weight is 219 g/mol. The first-order valence-corrected chi connectivity index (χ1v) is 6.03. The number of aryl methyl sites for hydroxylation is 1. The smallest absolute Gasteiger partial charge is 0.147 e. The van der Waals surface area contributed by atoms with Gasteiger partial charge in [0.15, 0.2) is 0 Å². The van der Waals surface area contributed by atoms with E-state index in [1.54, 1.807) is 17.7 Å². The number of rotatable bonds is 2. The Labute approximate surface area is 92.6 Å². The molecule has 1 aliphatic carbocycles. The molecule has 1 saturated carbocycles. The van der Waals surface area contributed by atoms with Gasteiger partial charge in [-0.1, -0.05) is 0 Å². The second kappa shape index (κ2) is 2.92. The van der Waals surface area contributed by atoms with Gasteiger partial charge in [-0.3, -0.25) is 0 Å². The maximum absolute atomic E-state index is 4.33. The van der Waals surface area contributed by atoms with Gasteiger partial charge in [-0.25, -0.2) is 9.97 Å². The number of nitrogens with zero attached hydrogens (tertiary/aromatic N) is 2. The maximum atomic E-state index is 4.33. The van der Waals surface area contributed by atoms with E-state index < -0.39 is 0 Å². The van der Waals surface area contributed by atoms with Crippen molar-refractivity contribution in [2.24, 2.45) is 0 Å². The molecule has 0 amide bonds. The Morgan fingerprint density at radius 1 is 1.40 bits per heavy atom. The van der Waals surface area contributed by atoms with Crippen LogP contribution in [0, 0.1) is 6.92 Å². The first kappa shape index (κ1) is 9.09. The summed E-state index contributed by atoms with van der Waals surface area (Å²) in [6.45, 7) is 4.33. The molecule has 1 N–H and O–H groups in total. The van der Waals surface area contributed by atoms with Crippen LogP contribution in [0.15, 0.2) is 11.7 Å². The molecule has 2 aromatic heterocycles. The largest absolute Gasteiger partial charge is 0.364 e. The fourth-order valence-electron chi connectivity index (χ4n) is 1.66. The van der Waals surface area contributed by atoms with Crippen LogP contribution in [0.25, 0.3) is 10.2 Å². The Hall–Kier alpha value is -1.16. The lowest BCUT2D eigenvalue weighted by molar-refractivity contribution is 0.823. The van der Waals surface area contributed by atoms with Crippen LogP contribution in [0.4, 0.5) is 5.82 Å².